The first-order valence-corrected chi connectivity index (χ1v) is 9.71. The van der Waals surface area contributed by atoms with Gasteiger partial charge in [-0.2, -0.15) is 5.26 Å². The zero-order chi connectivity index (χ0) is 19.2. The third-order valence-corrected chi connectivity index (χ3v) is 6.68. The summed E-state index contributed by atoms with van der Waals surface area (Å²) in [4.78, 5) is 39.1. The zero-order valence-corrected chi connectivity index (χ0v) is 16.1. The lowest BCUT2D eigenvalue weighted by atomic mass is 9.96. The average molecular weight is 359 g/mol. The molecule has 3 fully saturated rings. The number of Topliss-reactive ketones (excluding diaryl/α,β-unsaturated/α-hetero) is 1. The van der Waals surface area contributed by atoms with Crippen molar-refractivity contribution in [1.29, 1.82) is 5.26 Å². The van der Waals surface area contributed by atoms with Crippen molar-refractivity contribution in [2.75, 3.05) is 6.54 Å². The Bertz CT molecular complexity index is 664. The second-order valence-electron chi connectivity index (χ2n) is 9.03. The molecule has 2 aliphatic carbocycles. The van der Waals surface area contributed by atoms with Crippen LogP contribution in [0.5, 0.6) is 0 Å². The number of nitriles is 1. The SMILES string of the molecule is CC(C)C(=O)N1CC2C(C1C(=O)NC(C#N)CC1CCCC1=O)C2(C)C. The van der Waals surface area contributed by atoms with Crippen LogP contribution in [-0.2, 0) is 14.4 Å². The van der Waals surface area contributed by atoms with E-state index in [2.05, 4.69) is 25.2 Å². The molecule has 3 aliphatic rings. The molecule has 26 heavy (non-hydrogen) atoms. The van der Waals surface area contributed by atoms with Gasteiger partial charge in [-0.05, 0) is 36.5 Å². The number of nitrogens with one attached hydrogen (secondary N) is 1. The van der Waals surface area contributed by atoms with Gasteiger partial charge >= 0.3 is 0 Å². The molecule has 6 nitrogen and oxygen atoms in total. The first kappa shape index (κ1) is 18.9. The van der Waals surface area contributed by atoms with Gasteiger partial charge in [-0.1, -0.05) is 27.7 Å². The van der Waals surface area contributed by atoms with Crippen LogP contribution >= 0.6 is 0 Å². The molecule has 142 valence electrons. The van der Waals surface area contributed by atoms with Gasteiger partial charge < -0.3 is 10.2 Å². The molecule has 3 rings (SSSR count). The normalized spacial score (nSPS) is 32.9. The molecule has 6 heteroatoms. The van der Waals surface area contributed by atoms with Crippen LogP contribution in [0.15, 0.2) is 0 Å². The summed E-state index contributed by atoms with van der Waals surface area (Å²) in [6.45, 7) is 8.58. The number of hydrogen-bond acceptors (Lipinski definition) is 4. The fraction of sp³-hybridized carbons (Fsp3) is 0.800. The Morgan fingerprint density at radius 2 is 2.08 bits per heavy atom. The van der Waals surface area contributed by atoms with Crippen LogP contribution in [-0.4, -0.2) is 41.1 Å². The minimum Gasteiger partial charge on any atom is -0.339 e. The second kappa shape index (κ2) is 6.68. The minimum atomic E-state index is -0.675. The molecule has 1 saturated heterocycles. The maximum absolute atomic E-state index is 13.0. The maximum atomic E-state index is 13.0. The number of hydrogen-bond donors (Lipinski definition) is 1. The largest absolute Gasteiger partial charge is 0.339 e. The third-order valence-electron chi connectivity index (χ3n) is 6.68. The van der Waals surface area contributed by atoms with Crippen LogP contribution in [0.3, 0.4) is 0 Å². The summed E-state index contributed by atoms with van der Waals surface area (Å²) in [6.07, 6.45) is 2.62. The van der Waals surface area contributed by atoms with E-state index in [9.17, 15) is 19.6 Å². The van der Waals surface area contributed by atoms with E-state index in [1.165, 1.54) is 0 Å². The van der Waals surface area contributed by atoms with E-state index in [1.54, 1.807) is 4.90 Å². The molecule has 0 aromatic carbocycles. The number of carbonyl (C=O) groups excluding carboxylic acids is 3. The molecular weight excluding hydrogens is 330 g/mol. The summed E-state index contributed by atoms with van der Waals surface area (Å²) in [5.74, 6) is 0.161. The van der Waals surface area contributed by atoms with E-state index in [1.807, 2.05) is 13.8 Å². The fourth-order valence-corrected chi connectivity index (χ4v) is 4.97. The highest BCUT2D eigenvalue weighted by Crippen LogP contribution is 2.65. The maximum Gasteiger partial charge on any atom is 0.244 e. The van der Waals surface area contributed by atoms with Gasteiger partial charge in [0.15, 0.2) is 0 Å². The lowest BCUT2D eigenvalue weighted by Crippen LogP contribution is -2.53. The van der Waals surface area contributed by atoms with Gasteiger partial charge in [0.25, 0.3) is 0 Å². The summed E-state index contributed by atoms with van der Waals surface area (Å²) in [5.41, 5.74) is 0.0549. The topological polar surface area (TPSA) is 90.3 Å². The van der Waals surface area contributed by atoms with Crippen molar-refractivity contribution in [3.63, 3.8) is 0 Å². The van der Waals surface area contributed by atoms with Crippen molar-refractivity contribution < 1.29 is 14.4 Å². The Morgan fingerprint density at radius 3 is 2.62 bits per heavy atom. The number of piperidine rings is 1. The lowest BCUT2D eigenvalue weighted by Gasteiger charge is -2.32. The number of amides is 2. The van der Waals surface area contributed by atoms with E-state index < -0.39 is 12.1 Å². The van der Waals surface area contributed by atoms with Crippen molar-refractivity contribution in [3.05, 3.63) is 0 Å². The Balaban J connectivity index is 1.70. The standard InChI is InChI=1S/C20H29N3O3/c1-11(2)19(26)23-10-14-16(20(14,3)4)17(23)18(25)22-13(9-21)8-12-6-5-7-15(12)24/h11-14,16-17H,5-8,10H2,1-4H3,(H,22,25). The molecule has 2 amide bonds. The summed E-state index contributed by atoms with van der Waals surface area (Å²) < 4.78 is 0. The van der Waals surface area contributed by atoms with Crippen LogP contribution in [0, 0.1) is 40.4 Å². The van der Waals surface area contributed by atoms with Crippen LogP contribution in [0.25, 0.3) is 0 Å². The van der Waals surface area contributed by atoms with Gasteiger partial charge in [-0.15, -0.1) is 0 Å². The quantitative estimate of drug-likeness (QED) is 0.812. The average Bonchev–Trinajstić information content (AvgIpc) is 2.95. The van der Waals surface area contributed by atoms with Crippen molar-refractivity contribution in [2.24, 2.45) is 29.1 Å². The highest BCUT2D eigenvalue weighted by molar-refractivity contribution is 5.90. The Labute approximate surface area is 155 Å². The summed E-state index contributed by atoms with van der Waals surface area (Å²) in [7, 11) is 0. The van der Waals surface area contributed by atoms with E-state index in [-0.39, 0.29) is 40.8 Å². The predicted octanol–water partition coefficient (Wildman–Crippen LogP) is 1.89. The van der Waals surface area contributed by atoms with Crippen LogP contribution < -0.4 is 5.32 Å². The number of nitrogens with zero attached hydrogens (tertiary/aromatic N) is 2. The number of rotatable bonds is 5. The molecule has 1 aliphatic heterocycles. The molecule has 0 aromatic heterocycles. The molecule has 0 radical (unpaired) electrons. The van der Waals surface area contributed by atoms with Gasteiger partial charge in [0.2, 0.25) is 11.8 Å². The summed E-state index contributed by atoms with van der Waals surface area (Å²) in [5, 5.41) is 12.3. The molecule has 0 bridgehead atoms. The Kier molecular flexibility index (Phi) is 4.85. The fourth-order valence-electron chi connectivity index (χ4n) is 4.97. The summed E-state index contributed by atoms with van der Waals surface area (Å²) >= 11 is 0. The van der Waals surface area contributed by atoms with E-state index in [0.29, 0.717) is 25.3 Å². The first-order valence-electron chi connectivity index (χ1n) is 9.71. The lowest BCUT2D eigenvalue weighted by molar-refractivity contribution is -0.142. The van der Waals surface area contributed by atoms with Crippen LogP contribution in [0.1, 0.15) is 53.4 Å². The van der Waals surface area contributed by atoms with E-state index in [0.717, 1.165) is 12.8 Å². The number of fused-ring (bicyclic) bond motifs is 1. The Hall–Kier alpha value is -1.90. The number of ketones is 1. The zero-order valence-electron chi connectivity index (χ0n) is 16.1. The van der Waals surface area contributed by atoms with Crippen molar-refractivity contribution >= 4 is 17.6 Å². The van der Waals surface area contributed by atoms with Crippen molar-refractivity contribution in [3.8, 4) is 6.07 Å². The molecule has 5 atom stereocenters. The van der Waals surface area contributed by atoms with Crippen molar-refractivity contribution in [2.45, 2.75) is 65.5 Å². The van der Waals surface area contributed by atoms with Gasteiger partial charge in [0.1, 0.15) is 17.9 Å². The van der Waals surface area contributed by atoms with Crippen LogP contribution in [0.4, 0.5) is 0 Å². The first-order chi connectivity index (χ1) is 12.2. The third kappa shape index (κ3) is 3.13. The summed E-state index contributed by atoms with van der Waals surface area (Å²) in [6, 6.07) is 0.958. The second-order valence-corrected chi connectivity index (χ2v) is 9.03. The van der Waals surface area contributed by atoms with Gasteiger partial charge in [0, 0.05) is 24.8 Å². The Morgan fingerprint density at radius 1 is 1.38 bits per heavy atom. The molecule has 0 spiro atoms. The molecule has 1 heterocycles. The number of likely N-dealkylation sites (tertiary alicyclic amines) is 1. The highest BCUT2D eigenvalue weighted by atomic mass is 16.2. The predicted molar refractivity (Wildman–Crippen MR) is 95.6 cm³/mol. The van der Waals surface area contributed by atoms with Gasteiger partial charge in [-0.25, -0.2) is 0 Å². The molecule has 5 unspecified atom stereocenters. The van der Waals surface area contributed by atoms with Crippen LogP contribution in [0.2, 0.25) is 0 Å². The molecule has 2 saturated carbocycles. The molecule has 0 aromatic rings. The molecule has 1 N–H and O–H groups in total. The van der Waals surface area contributed by atoms with Gasteiger partial charge in [-0.3, -0.25) is 14.4 Å². The number of carbonyl (C=O) groups is 3. The molecular formula is C20H29N3O3. The monoisotopic (exact) mass is 359 g/mol. The minimum absolute atomic E-state index is 0.00683. The smallest absolute Gasteiger partial charge is 0.244 e. The van der Waals surface area contributed by atoms with E-state index >= 15 is 0 Å². The van der Waals surface area contributed by atoms with Crippen molar-refractivity contribution in [1.82, 2.24) is 10.2 Å². The van der Waals surface area contributed by atoms with Gasteiger partial charge in [0.05, 0.1) is 6.07 Å². The highest BCUT2D eigenvalue weighted by Gasteiger charge is 2.69. The van der Waals surface area contributed by atoms with E-state index in [4.69, 9.17) is 0 Å².